The zero-order chi connectivity index (χ0) is 11.8. The van der Waals surface area contributed by atoms with Crippen molar-refractivity contribution in [2.75, 3.05) is 7.11 Å². The van der Waals surface area contributed by atoms with Crippen LogP contribution in [0.1, 0.15) is 18.5 Å². The molecule has 0 radical (unpaired) electrons. The summed E-state index contributed by atoms with van der Waals surface area (Å²) in [5.41, 5.74) is -0.759. The van der Waals surface area contributed by atoms with E-state index in [1.807, 2.05) is 0 Å². The summed E-state index contributed by atoms with van der Waals surface area (Å²) in [6, 6.07) is 3.21. The second-order valence-corrected chi connectivity index (χ2v) is 3.86. The van der Waals surface area contributed by atoms with Gasteiger partial charge in [-0.25, -0.2) is 0 Å². The fourth-order valence-electron chi connectivity index (χ4n) is 1.86. The number of hydrogen-bond acceptors (Lipinski definition) is 4. The maximum Gasteiger partial charge on any atom is 0.316 e. The molecule has 1 aliphatic carbocycles. The first-order valence-electron chi connectivity index (χ1n) is 4.84. The molecule has 84 valence electrons. The number of aromatic nitrogens is 1. The molecule has 1 fully saturated rings. The topological polar surface area (TPSA) is 76.5 Å². The SMILES string of the molecule is COc1ccnc(C2(C(=O)O)CC(=O)C2)c1. The first kappa shape index (κ1) is 10.6. The predicted octanol–water partition coefficient (Wildman–Crippen LogP) is 0.776. The molecule has 5 heteroatoms. The maximum atomic E-state index is 11.2. The third-order valence-corrected chi connectivity index (χ3v) is 2.86. The van der Waals surface area contributed by atoms with E-state index in [0.717, 1.165) is 0 Å². The van der Waals surface area contributed by atoms with E-state index in [1.54, 1.807) is 12.1 Å². The van der Waals surface area contributed by atoms with E-state index in [1.165, 1.54) is 13.3 Å². The van der Waals surface area contributed by atoms with Crippen molar-refractivity contribution in [1.82, 2.24) is 4.98 Å². The highest BCUT2D eigenvalue weighted by Crippen LogP contribution is 2.41. The predicted molar refractivity (Wildman–Crippen MR) is 54.3 cm³/mol. The normalized spacial score (nSPS) is 17.7. The monoisotopic (exact) mass is 221 g/mol. The highest BCUT2D eigenvalue weighted by Gasteiger charge is 2.52. The van der Waals surface area contributed by atoms with Gasteiger partial charge < -0.3 is 9.84 Å². The van der Waals surface area contributed by atoms with Crippen molar-refractivity contribution in [3.63, 3.8) is 0 Å². The number of aliphatic carboxylic acids is 1. The minimum atomic E-state index is -1.15. The van der Waals surface area contributed by atoms with Gasteiger partial charge in [0.05, 0.1) is 12.8 Å². The molecule has 1 aromatic rings. The number of ketones is 1. The van der Waals surface area contributed by atoms with E-state index in [-0.39, 0.29) is 18.6 Å². The third-order valence-electron chi connectivity index (χ3n) is 2.86. The summed E-state index contributed by atoms with van der Waals surface area (Å²) in [5, 5.41) is 9.19. The Labute approximate surface area is 92.1 Å². The van der Waals surface area contributed by atoms with Gasteiger partial charge in [0.2, 0.25) is 0 Å². The summed E-state index contributed by atoms with van der Waals surface area (Å²) in [7, 11) is 1.50. The minimum Gasteiger partial charge on any atom is -0.497 e. The Morgan fingerprint density at radius 1 is 1.56 bits per heavy atom. The molecule has 16 heavy (non-hydrogen) atoms. The fourth-order valence-corrected chi connectivity index (χ4v) is 1.86. The molecule has 0 bridgehead atoms. The molecule has 1 heterocycles. The summed E-state index contributed by atoms with van der Waals surface area (Å²) >= 11 is 0. The van der Waals surface area contributed by atoms with Gasteiger partial charge in [0.15, 0.2) is 0 Å². The van der Waals surface area contributed by atoms with Gasteiger partial charge in [-0.2, -0.15) is 0 Å². The van der Waals surface area contributed by atoms with Crippen LogP contribution in [0, 0.1) is 0 Å². The third kappa shape index (κ3) is 1.44. The minimum absolute atomic E-state index is 0.0164. The number of carbonyl (C=O) groups excluding carboxylic acids is 1. The van der Waals surface area contributed by atoms with Gasteiger partial charge in [-0.1, -0.05) is 0 Å². The molecular weight excluding hydrogens is 210 g/mol. The quantitative estimate of drug-likeness (QED) is 0.816. The van der Waals surface area contributed by atoms with Crippen LogP contribution >= 0.6 is 0 Å². The second-order valence-electron chi connectivity index (χ2n) is 3.86. The fraction of sp³-hybridized carbons (Fsp3) is 0.364. The number of carboxylic acid groups (broad SMARTS) is 1. The molecule has 0 atom stereocenters. The molecule has 0 saturated heterocycles. The number of ether oxygens (including phenoxy) is 1. The number of nitrogens with zero attached hydrogens (tertiary/aromatic N) is 1. The summed E-state index contributed by atoms with van der Waals surface area (Å²) in [6.45, 7) is 0. The number of carbonyl (C=O) groups is 2. The number of hydrogen-bond donors (Lipinski definition) is 1. The van der Waals surface area contributed by atoms with E-state index in [9.17, 15) is 14.7 Å². The molecule has 0 spiro atoms. The smallest absolute Gasteiger partial charge is 0.316 e. The van der Waals surface area contributed by atoms with Crippen LogP contribution in [0.2, 0.25) is 0 Å². The van der Waals surface area contributed by atoms with Crippen LogP contribution in [0.4, 0.5) is 0 Å². The standard InChI is InChI=1S/C11H11NO4/c1-16-8-2-3-12-9(4-8)11(10(14)15)5-7(13)6-11/h2-4H,5-6H2,1H3,(H,14,15). The molecule has 0 amide bonds. The molecular formula is C11H11NO4. The number of rotatable bonds is 3. The lowest BCUT2D eigenvalue weighted by Crippen LogP contribution is -2.48. The molecule has 1 N–H and O–H groups in total. The summed E-state index contributed by atoms with van der Waals surface area (Å²) in [4.78, 5) is 26.3. The van der Waals surface area contributed by atoms with Crippen LogP contribution in [0.15, 0.2) is 18.3 Å². The molecule has 1 aliphatic rings. The van der Waals surface area contributed by atoms with Gasteiger partial charge in [0.25, 0.3) is 0 Å². The first-order chi connectivity index (χ1) is 7.58. The van der Waals surface area contributed by atoms with Gasteiger partial charge in [-0.15, -0.1) is 0 Å². The van der Waals surface area contributed by atoms with Crippen molar-refractivity contribution < 1.29 is 19.4 Å². The maximum absolute atomic E-state index is 11.2. The molecule has 0 aliphatic heterocycles. The lowest BCUT2D eigenvalue weighted by molar-refractivity contribution is -0.153. The van der Waals surface area contributed by atoms with Gasteiger partial charge in [-0.3, -0.25) is 14.6 Å². The Hall–Kier alpha value is -1.91. The van der Waals surface area contributed by atoms with Crippen molar-refractivity contribution >= 4 is 11.8 Å². The van der Waals surface area contributed by atoms with Crippen LogP contribution in [0.25, 0.3) is 0 Å². The summed E-state index contributed by atoms with van der Waals surface area (Å²) < 4.78 is 5.01. The van der Waals surface area contributed by atoms with Gasteiger partial charge in [0, 0.05) is 25.1 Å². The zero-order valence-electron chi connectivity index (χ0n) is 8.77. The molecule has 0 unspecified atom stereocenters. The summed E-state index contributed by atoms with van der Waals surface area (Å²) in [6.07, 6.45) is 1.52. The van der Waals surface area contributed by atoms with Crippen LogP contribution in [0.5, 0.6) is 5.75 Å². The van der Waals surface area contributed by atoms with E-state index < -0.39 is 11.4 Å². The number of carboxylic acids is 1. The number of pyridine rings is 1. The molecule has 5 nitrogen and oxygen atoms in total. The van der Waals surface area contributed by atoms with Crippen LogP contribution < -0.4 is 4.74 Å². The zero-order valence-corrected chi connectivity index (χ0v) is 8.77. The van der Waals surface area contributed by atoms with Crippen LogP contribution in [-0.2, 0) is 15.0 Å². The van der Waals surface area contributed by atoms with Crippen molar-refractivity contribution in [2.45, 2.75) is 18.3 Å². The Bertz CT molecular complexity index is 447. The Kier molecular flexibility index (Phi) is 2.38. The Morgan fingerprint density at radius 2 is 2.25 bits per heavy atom. The lowest BCUT2D eigenvalue weighted by Gasteiger charge is -2.35. The summed E-state index contributed by atoms with van der Waals surface area (Å²) in [5.74, 6) is -0.509. The average molecular weight is 221 g/mol. The molecule has 2 rings (SSSR count). The van der Waals surface area contributed by atoms with Crippen molar-refractivity contribution in [2.24, 2.45) is 0 Å². The second kappa shape index (κ2) is 3.59. The number of methoxy groups -OCH3 is 1. The van der Waals surface area contributed by atoms with E-state index >= 15 is 0 Å². The van der Waals surface area contributed by atoms with Crippen molar-refractivity contribution in [1.29, 1.82) is 0 Å². The Morgan fingerprint density at radius 3 is 2.75 bits per heavy atom. The van der Waals surface area contributed by atoms with Crippen LogP contribution in [0.3, 0.4) is 0 Å². The van der Waals surface area contributed by atoms with Gasteiger partial charge in [-0.05, 0) is 6.07 Å². The van der Waals surface area contributed by atoms with Crippen LogP contribution in [-0.4, -0.2) is 29.0 Å². The van der Waals surface area contributed by atoms with E-state index in [0.29, 0.717) is 11.4 Å². The highest BCUT2D eigenvalue weighted by atomic mass is 16.5. The van der Waals surface area contributed by atoms with Gasteiger partial charge >= 0.3 is 5.97 Å². The average Bonchev–Trinajstić information content (AvgIpc) is 2.24. The molecule has 1 aromatic heterocycles. The van der Waals surface area contributed by atoms with Gasteiger partial charge in [0.1, 0.15) is 16.9 Å². The van der Waals surface area contributed by atoms with E-state index in [4.69, 9.17) is 4.74 Å². The van der Waals surface area contributed by atoms with Crippen molar-refractivity contribution in [3.8, 4) is 5.75 Å². The Balaban J connectivity index is 2.40. The lowest BCUT2D eigenvalue weighted by atomic mass is 9.65. The largest absolute Gasteiger partial charge is 0.497 e. The highest BCUT2D eigenvalue weighted by molar-refractivity contribution is 6.01. The van der Waals surface area contributed by atoms with E-state index in [2.05, 4.69) is 4.98 Å². The molecule has 1 saturated carbocycles. The number of Topliss-reactive ketones (excluding diaryl/α,β-unsaturated/α-hetero) is 1. The molecule has 0 aromatic carbocycles. The first-order valence-corrected chi connectivity index (χ1v) is 4.84. The van der Waals surface area contributed by atoms with Crippen molar-refractivity contribution in [3.05, 3.63) is 24.0 Å².